The number of aliphatic carboxylic acids is 1. The van der Waals surface area contributed by atoms with E-state index < -0.39 is 21.6 Å². The molecule has 2 aromatic rings. The van der Waals surface area contributed by atoms with Crippen molar-refractivity contribution in [3.8, 4) is 0 Å². The number of fused-ring (bicyclic) bond motifs is 1. The van der Waals surface area contributed by atoms with Crippen molar-refractivity contribution in [2.24, 2.45) is 0 Å². The van der Waals surface area contributed by atoms with E-state index in [1.165, 1.54) is 11.3 Å². The van der Waals surface area contributed by atoms with Gasteiger partial charge in [0, 0.05) is 0 Å². The molecule has 0 spiro atoms. The van der Waals surface area contributed by atoms with Crippen LogP contribution >= 0.6 is 11.3 Å². The molecule has 5 nitrogen and oxygen atoms in total. The second-order valence-electron chi connectivity index (χ2n) is 3.50. The average molecular weight is 271 g/mol. The number of sulfone groups is 1. The molecule has 0 unspecified atom stereocenters. The molecule has 7 heteroatoms. The lowest BCUT2D eigenvalue weighted by Gasteiger charge is -1.96. The van der Waals surface area contributed by atoms with Crippen LogP contribution < -0.4 is 0 Å². The van der Waals surface area contributed by atoms with Crippen LogP contribution in [0.5, 0.6) is 0 Å². The molecule has 0 amide bonds. The summed E-state index contributed by atoms with van der Waals surface area (Å²) in [6, 6.07) is 7.30. The first-order valence-electron chi connectivity index (χ1n) is 4.73. The minimum atomic E-state index is -3.63. The maximum atomic E-state index is 11.5. The molecule has 2 rings (SSSR count). The molecule has 0 bridgehead atoms. The number of thiazole rings is 1. The second-order valence-corrected chi connectivity index (χ2v) is 6.68. The Bertz CT molecular complexity index is 627. The van der Waals surface area contributed by atoms with Crippen LogP contribution in [0.15, 0.2) is 24.3 Å². The highest BCUT2D eigenvalue weighted by atomic mass is 32.2. The molecular weight excluding hydrogens is 262 g/mol. The number of para-hydroxylation sites is 1. The van der Waals surface area contributed by atoms with Crippen LogP contribution in [0.3, 0.4) is 0 Å². The molecule has 1 aromatic carbocycles. The van der Waals surface area contributed by atoms with Gasteiger partial charge in [0.2, 0.25) is 0 Å². The van der Waals surface area contributed by atoms with E-state index >= 15 is 0 Å². The Balaban J connectivity index is 2.27. The van der Waals surface area contributed by atoms with Crippen LogP contribution in [-0.4, -0.2) is 30.2 Å². The summed E-state index contributed by atoms with van der Waals surface area (Å²) in [4.78, 5) is 14.5. The van der Waals surface area contributed by atoms with E-state index in [0.29, 0.717) is 5.01 Å². The molecule has 0 saturated carbocycles. The van der Waals surface area contributed by atoms with E-state index in [4.69, 9.17) is 5.11 Å². The van der Waals surface area contributed by atoms with Crippen LogP contribution in [0.1, 0.15) is 5.01 Å². The van der Waals surface area contributed by atoms with Gasteiger partial charge in [0.15, 0.2) is 9.84 Å². The topological polar surface area (TPSA) is 84.3 Å². The van der Waals surface area contributed by atoms with Gasteiger partial charge in [-0.15, -0.1) is 11.3 Å². The molecule has 17 heavy (non-hydrogen) atoms. The predicted molar refractivity (Wildman–Crippen MR) is 64.7 cm³/mol. The quantitative estimate of drug-likeness (QED) is 0.906. The molecule has 0 atom stereocenters. The summed E-state index contributed by atoms with van der Waals surface area (Å²) in [5.41, 5.74) is 0.734. The molecule has 0 aliphatic carbocycles. The maximum absolute atomic E-state index is 11.5. The maximum Gasteiger partial charge on any atom is 0.318 e. The monoisotopic (exact) mass is 271 g/mol. The van der Waals surface area contributed by atoms with Gasteiger partial charge in [-0.1, -0.05) is 12.1 Å². The van der Waals surface area contributed by atoms with Gasteiger partial charge in [-0.25, -0.2) is 13.4 Å². The molecule has 90 valence electrons. The minimum absolute atomic E-state index is 0.321. The van der Waals surface area contributed by atoms with Gasteiger partial charge in [-0.2, -0.15) is 0 Å². The molecule has 0 aliphatic rings. The number of rotatable bonds is 4. The van der Waals surface area contributed by atoms with Crippen molar-refractivity contribution in [3.63, 3.8) is 0 Å². The molecule has 0 fully saturated rings. The summed E-state index contributed by atoms with van der Waals surface area (Å²) in [5, 5.41) is 8.89. The molecule has 1 aromatic heterocycles. The van der Waals surface area contributed by atoms with Crippen LogP contribution in [0.4, 0.5) is 0 Å². The molecular formula is C10H9NO4S2. The first-order chi connectivity index (χ1) is 7.96. The average Bonchev–Trinajstić information content (AvgIpc) is 2.55. The van der Waals surface area contributed by atoms with Gasteiger partial charge in [0.05, 0.1) is 10.2 Å². The van der Waals surface area contributed by atoms with Crippen molar-refractivity contribution in [2.45, 2.75) is 5.75 Å². The third-order valence-corrected chi connectivity index (χ3v) is 4.64. The summed E-state index contributed by atoms with van der Waals surface area (Å²) in [5.74, 6) is -2.52. The van der Waals surface area contributed by atoms with Gasteiger partial charge in [-0.05, 0) is 12.1 Å². The fraction of sp³-hybridized carbons (Fsp3) is 0.200. The molecule has 1 heterocycles. The van der Waals surface area contributed by atoms with E-state index in [1.807, 2.05) is 18.2 Å². The number of hydrogen-bond donors (Lipinski definition) is 1. The number of benzene rings is 1. The zero-order valence-electron chi connectivity index (χ0n) is 8.66. The highest BCUT2D eigenvalue weighted by Crippen LogP contribution is 2.23. The third kappa shape index (κ3) is 3.01. The lowest BCUT2D eigenvalue weighted by molar-refractivity contribution is -0.134. The van der Waals surface area contributed by atoms with Crippen LogP contribution in [0, 0.1) is 0 Å². The Labute approximate surface area is 102 Å². The third-order valence-electron chi connectivity index (χ3n) is 2.02. The zero-order valence-corrected chi connectivity index (χ0v) is 10.3. The van der Waals surface area contributed by atoms with Gasteiger partial charge in [0.1, 0.15) is 16.5 Å². The van der Waals surface area contributed by atoms with Gasteiger partial charge < -0.3 is 5.11 Å². The number of carboxylic acid groups (broad SMARTS) is 1. The minimum Gasteiger partial charge on any atom is -0.480 e. The Morgan fingerprint density at radius 2 is 2.06 bits per heavy atom. The number of hydrogen-bond acceptors (Lipinski definition) is 5. The van der Waals surface area contributed by atoms with Crippen molar-refractivity contribution in [1.29, 1.82) is 0 Å². The Morgan fingerprint density at radius 1 is 1.35 bits per heavy atom. The van der Waals surface area contributed by atoms with Gasteiger partial charge in [0.25, 0.3) is 0 Å². The highest BCUT2D eigenvalue weighted by molar-refractivity contribution is 7.91. The first kappa shape index (κ1) is 12.0. The molecule has 0 radical (unpaired) electrons. The largest absolute Gasteiger partial charge is 0.480 e. The van der Waals surface area contributed by atoms with Crippen molar-refractivity contribution in [2.75, 3.05) is 5.75 Å². The van der Waals surface area contributed by atoms with Crippen molar-refractivity contribution < 1.29 is 18.3 Å². The summed E-state index contributed by atoms with van der Waals surface area (Å²) < 4.78 is 23.8. The Kier molecular flexibility index (Phi) is 3.12. The van der Waals surface area contributed by atoms with E-state index in [2.05, 4.69) is 4.98 Å². The standard InChI is InChI=1S/C10H9NO4S2/c12-10(13)6-17(14,15)5-9-11-7-3-1-2-4-8(7)16-9/h1-4H,5-6H2,(H,12,13). The van der Waals surface area contributed by atoms with Crippen molar-refractivity contribution >= 4 is 37.4 Å². The van der Waals surface area contributed by atoms with E-state index in [-0.39, 0.29) is 5.75 Å². The zero-order chi connectivity index (χ0) is 12.5. The summed E-state index contributed by atoms with van der Waals surface area (Å²) >= 11 is 1.27. The number of aromatic nitrogens is 1. The van der Waals surface area contributed by atoms with Crippen LogP contribution in [0.25, 0.3) is 10.2 Å². The van der Waals surface area contributed by atoms with Crippen LogP contribution in [-0.2, 0) is 20.4 Å². The Hall–Kier alpha value is -1.47. The normalized spacial score (nSPS) is 11.8. The fourth-order valence-corrected chi connectivity index (χ4v) is 3.87. The second kappa shape index (κ2) is 4.42. The van der Waals surface area contributed by atoms with E-state index in [1.54, 1.807) is 6.07 Å². The first-order valence-corrected chi connectivity index (χ1v) is 7.37. The lowest BCUT2D eigenvalue weighted by atomic mass is 10.3. The van der Waals surface area contributed by atoms with Gasteiger partial charge in [-0.3, -0.25) is 4.79 Å². The SMILES string of the molecule is O=C(O)CS(=O)(=O)Cc1nc2ccccc2s1. The highest BCUT2D eigenvalue weighted by Gasteiger charge is 2.18. The smallest absolute Gasteiger partial charge is 0.318 e. The molecule has 0 saturated heterocycles. The van der Waals surface area contributed by atoms with Crippen LogP contribution in [0.2, 0.25) is 0 Å². The summed E-state index contributed by atoms with van der Waals surface area (Å²) in [6.45, 7) is 0. The number of nitrogens with zero attached hydrogens (tertiary/aromatic N) is 1. The lowest BCUT2D eigenvalue weighted by Crippen LogP contribution is -2.16. The number of carbonyl (C=O) groups is 1. The summed E-state index contributed by atoms with van der Waals surface area (Å²) in [7, 11) is -3.63. The predicted octanol–water partition coefficient (Wildman–Crippen LogP) is 1.30. The Morgan fingerprint density at radius 3 is 2.71 bits per heavy atom. The molecule has 1 N–H and O–H groups in total. The van der Waals surface area contributed by atoms with E-state index in [0.717, 1.165) is 10.2 Å². The van der Waals surface area contributed by atoms with E-state index in [9.17, 15) is 13.2 Å². The van der Waals surface area contributed by atoms with Crippen molar-refractivity contribution in [3.05, 3.63) is 29.3 Å². The molecule has 0 aliphatic heterocycles. The summed E-state index contributed by atoms with van der Waals surface area (Å²) in [6.07, 6.45) is 0. The fourth-order valence-electron chi connectivity index (χ4n) is 1.41. The number of carboxylic acids is 1. The van der Waals surface area contributed by atoms with Crippen molar-refractivity contribution in [1.82, 2.24) is 4.98 Å². The van der Waals surface area contributed by atoms with Gasteiger partial charge >= 0.3 is 5.97 Å².